The Balaban J connectivity index is 4.46. The van der Waals surface area contributed by atoms with Crippen LogP contribution in [0.1, 0.15) is 220 Å². The largest absolute Gasteiger partial charge is 0.462 e. The van der Waals surface area contributed by atoms with Crippen molar-refractivity contribution in [2.75, 3.05) is 13.2 Å². The number of ether oxygens (including phenoxy) is 3. The third kappa shape index (κ3) is 45.7. The maximum atomic E-state index is 12.8. The number of carbonyl (C=O) groups excluding carboxylic acids is 3. The first-order chi connectivity index (χ1) is 29.5. The average Bonchev–Trinajstić information content (AvgIpc) is 3.24. The van der Waals surface area contributed by atoms with Crippen LogP contribution >= 0.6 is 0 Å². The Bertz CT molecular complexity index is 1190. The van der Waals surface area contributed by atoms with E-state index in [9.17, 15) is 14.4 Å². The van der Waals surface area contributed by atoms with E-state index in [1.165, 1.54) is 83.5 Å². The highest BCUT2D eigenvalue weighted by molar-refractivity contribution is 5.71. The summed E-state index contributed by atoms with van der Waals surface area (Å²) in [5.74, 6) is -0.983. The Kier molecular flexibility index (Phi) is 45.5. The number of allylic oxidation sites excluding steroid dienone is 14. The smallest absolute Gasteiger partial charge is 0.306 e. The zero-order chi connectivity index (χ0) is 43.7. The molecule has 0 aliphatic carbocycles. The summed E-state index contributed by atoms with van der Waals surface area (Å²) in [5, 5.41) is 0. The molecule has 342 valence electrons. The predicted molar refractivity (Wildman–Crippen MR) is 256 cm³/mol. The first-order valence-electron chi connectivity index (χ1n) is 24.6. The van der Waals surface area contributed by atoms with Gasteiger partial charge in [0.15, 0.2) is 6.10 Å². The van der Waals surface area contributed by atoms with Gasteiger partial charge >= 0.3 is 17.9 Å². The molecule has 1 unspecified atom stereocenters. The summed E-state index contributed by atoms with van der Waals surface area (Å²) in [6.45, 7) is 6.40. The third-order valence-corrected chi connectivity index (χ3v) is 10.2. The lowest BCUT2D eigenvalue weighted by atomic mass is 10.0. The molecular formula is C54H90O6. The fraction of sp³-hybridized carbons (Fsp3) is 0.685. The molecule has 0 aromatic rings. The zero-order valence-corrected chi connectivity index (χ0v) is 38.9. The fourth-order valence-corrected chi connectivity index (χ4v) is 6.54. The molecule has 0 aliphatic heterocycles. The van der Waals surface area contributed by atoms with E-state index in [-0.39, 0.29) is 37.5 Å². The molecule has 0 fully saturated rings. The number of esters is 3. The molecule has 0 radical (unpaired) electrons. The quantitative estimate of drug-likeness (QED) is 0.0200. The van der Waals surface area contributed by atoms with Gasteiger partial charge < -0.3 is 14.2 Å². The zero-order valence-electron chi connectivity index (χ0n) is 38.9. The highest BCUT2D eigenvalue weighted by atomic mass is 16.6. The molecule has 0 amide bonds. The fourth-order valence-electron chi connectivity index (χ4n) is 6.54. The minimum Gasteiger partial charge on any atom is -0.462 e. The van der Waals surface area contributed by atoms with Crippen LogP contribution in [0.2, 0.25) is 0 Å². The van der Waals surface area contributed by atoms with Gasteiger partial charge in [-0.25, -0.2) is 0 Å². The van der Waals surface area contributed by atoms with E-state index in [1.54, 1.807) is 0 Å². The van der Waals surface area contributed by atoms with Crippen LogP contribution in [-0.2, 0) is 28.6 Å². The maximum Gasteiger partial charge on any atom is 0.306 e. The summed E-state index contributed by atoms with van der Waals surface area (Å²) in [4.78, 5) is 37.8. The molecular weight excluding hydrogens is 745 g/mol. The van der Waals surface area contributed by atoms with Crippen molar-refractivity contribution in [3.8, 4) is 0 Å². The molecule has 0 rings (SSSR count). The topological polar surface area (TPSA) is 78.9 Å². The summed E-state index contributed by atoms with van der Waals surface area (Å²) < 4.78 is 16.7. The molecule has 0 aromatic heterocycles. The lowest BCUT2D eigenvalue weighted by Crippen LogP contribution is -2.30. The van der Waals surface area contributed by atoms with E-state index in [1.807, 2.05) is 0 Å². The Morgan fingerprint density at radius 3 is 1.25 bits per heavy atom. The molecule has 0 spiro atoms. The van der Waals surface area contributed by atoms with Crippen molar-refractivity contribution in [2.24, 2.45) is 0 Å². The lowest BCUT2D eigenvalue weighted by molar-refractivity contribution is -0.167. The molecule has 0 heterocycles. The lowest BCUT2D eigenvalue weighted by Gasteiger charge is -2.18. The number of rotatable bonds is 43. The van der Waals surface area contributed by atoms with Crippen molar-refractivity contribution in [1.29, 1.82) is 0 Å². The van der Waals surface area contributed by atoms with Gasteiger partial charge in [-0.05, 0) is 70.6 Å². The summed E-state index contributed by atoms with van der Waals surface area (Å²) >= 11 is 0. The SMILES string of the molecule is CC/C=C\C/C=C\C/C=C\CCCC(=O)OCC(COC(=O)CCCCCCC\C=C/C=C\C=C/C=C\CCCCC)OC(=O)CCCCCCCCCCCCCCC. The van der Waals surface area contributed by atoms with E-state index in [0.717, 1.165) is 89.9 Å². The van der Waals surface area contributed by atoms with Gasteiger partial charge in [0, 0.05) is 19.3 Å². The number of carbonyl (C=O) groups is 3. The van der Waals surface area contributed by atoms with Crippen molar-refractivity contribution >= 4 is 17.9 Å². The second kappa shape index (κ2) is 48.3. The first kappa shape index (κ1) is 56.6. The second-order valence-corrected chi connectivity index (χ2v) is 16.1. The van der Waals surface area contributed by atoms with Crippen molar-refractivity contribution < 1.29 is 28.6 Å². The van der Waals surface area contributed by atoms with Crippen LogP contribution in [0.15, 0.2) is 85.1 Å². The van der Waals surface area contributed by atoms with Crippen LogP contribution in [0.25, 0.3) is 0 Å². The molecule has 0 aliphatic rings. The Morgan fingerprint density at radius 2 is 0.733 bits per heavy atom. The van der Waals surface area contributed by atoms with Crippen molar-refractivity contribution in [3.05, 3.63) is 85.1 Å². The highest BCUT2D eigenvalue weighted by Gasteiger charge is 2.19. The van der Waals surface area contributed by atoms with Gasteiger partial charge in [0.2, 0.25) is 0 Å². The molecule has 0 saturated carbocycles. The van der Waals surface area contributed by atoms with Gasteiger partial charge in [0.05, 0.1) is 0 Å². The van der Waals surface area contributed by atoms with Gasteiger partial charge in [-0.1, -0.05) is 215 Å². The molecule has 0 N–H and O–H groups in total. The van der Waals surface area contributed by atoms with E-state index >= 15 is 0 Å². The second-order valence-electron chi connectivity index (χ2n) is 16.1. The van der Waals surface area contributed by atoms with Crippen LogP contribution in [0.4, 0.5) is 0 Å². The number of hydrogen-bond donors (Lipinski definition) is 0. The van der Waals surface area contributed by atoms with Gasteiger partial charge in [0.1, 0.15) is 13.2 Å². The average molecular weight is 835 g/mol. The minimum atomic E-state index is -0.803. The normalized spacial score (nSPS) is 12.8. The predicted octanol–water partition coefficient (Wildman–Crippen LogP) is 16.0. The summed E-state index contributed by atoms with van der Waals surface area (Å²) in [6.07, 6.45) is 61.4. The molecule has 0 saturated heterocycles. The van der Waals surface area contributed by atoms with Gasteiger partial charge in [-0.3, -0.25) is 14.4 Å². The third-order valence-electron chi connectivity index (χ3n) is 10.2. The Labute approximate surface area is 369 Å². The van der Waals surface area contributed by atoms with Crippen LogP contribution in [0, 0.1) is 0 Å². The summed E-state index contributed by atoms with van der Waals surface area (Å²) in [7, 11) is 0. The maximum absolute atomic E-state index is 12.8. The molecule has 1 atom stereocenters. The molecule has 0 aromatic carbocycles. The summed E-state index contributed by atoms with van der Waals surface area (Å²) in [5.41, 5.74) is 0. The number of hydrogen-bond acceptors (Lipinski definition) is 6. The minimum absolute atomic E-state index is 0.104. The summed E-state index contributed by atoms with van der Waals surface area (Å²) in [6, 6.07) is 0. The molecule has 60 heavy (non-hydrogen) atoms. The monoisotopic (exact) mass is 835 g/mol. The Morgan fingerprint density at radius 1 is 0.367 bits per heavy atom. The van der Waals surface area contributed by atoms with Crippen LogP contribution < -0.4 is 0 Å². The van der Waals surface area contributed by atoms with Crippen molar-refractivity contribution in [1.82, 2.24) is 0 Å². The van der Waals surface area contributed by atoms with E-state index in [0.29, 0.717) is 19.3 Å². The molecule has 6 nitrogen and oxygen atoms in total. The van der Waals surface area contributed by atoms with Crippen LogP contribution in [0.3, 0.4) is 0 Å². The van der Waals surface area contributed by atoms with Gasteiger partial charge in [0.25, 0.3) is 0 Å². The molecule has 0 bridgehead atoms. The van der Waals surface area contributed by atoms with E-state index in [4.69, 9.17) is 14.2 Å². The molecule has 6 heteroatoms. The Hall–Kier alpha value is -3.41. The van der Waals surface area contributed by atoms with Gasteiger partial charge in [-0.15, -0.1) is 0 Å². The van der Waals surface area contributed by atoms with Gasteiger partial charge in [-0.2, -0.15) is 0 Å². The van der Waals surface area contributed by atoms with Crippen molar-refractivity contribution in [3.63, 3.8) is 0 Å². The van der Waals surface area contributed by atoms with Crippen LogP contribution in [0.5, 0.6) is 0 Å². The standard InChI is InChI=1S/C54H90O6/c1-4-7-10-13-16-19-22-24-25-26-27-28-30-32-35-38-41-44-47-53(56)59-50-51(49-58-52(55)46-43-40-37-34-31-21-18-15-12-9-6-3)60-54(57)48-45-42-39-36-33-29-23-20-17-14-11-8-5-2/h9,12,16,18-19,21-22,24-28,34,37,51H,4-8,10-11,13-15,17,20,23,29-33,35-36,38-50H2,1-3H3/b12-9-,19-16-,21-18-,24-22-,26-25-,28-27-,37-34-. The van der Waals surface area contributed by atoms with Crippen LogP contribution in [-0.4, -0.2) is 37.2 Å². The first-order valence-corrected chi connectivity index (χ1v) is 24.6. The van der Waals surface area contributed by atoms with Crippen molar-refractivity contribution in [2.45, 2.75) is 226 Å². The number of unbranched alkanes of at least 4 members (excludes halogenated alkanes) is 21. The highest BCUT2D eigenvalue weighted by Crippen LogP contribution is 2.14. The van der Waals surface area contributed by atoms with E-state index < -0.39 is 6.10 Å². The van der Waals surface area contributed by atoms with E-state index in [2.05, 4.69) is 106 Å².